The summed E-state index contributed by atoms with van der Waals surface area (Å²) in [5.74, 6) is 0.786. The van der Waals surface area contributed by atoms with Gasteiger partial charge in [-0.15, -0.1) is 0 Å². The lowest BCUT2D eigenvalue weighted by Gasteiger charge is -2.23. The molecule has 0 radical (unpaired) electrons. The van der Waals surface area contributed by atoms with Gasteiger partial charge >= 0.3 is 0 Å². The Balaban J connectivity index is 1.82. The van der Waals surface area contributed by atoms with Gasteiger partial charge in [0.15, 0.2) is 0 Å². The Morgan fingerprint density at radius 1 is 1.00 bits per heavy atom. The van der Waals surface area contributed by atoms with E-state index in [1.165, 1.54) is 0 Å². The number of methoxy groups -OCH3 is 1. The first-order valence-corrected chi connectivity index (χ1v) is 9.69. The molecule has 1 heterocycles. The van der Waals surface area contributed by atoms with E-state index in [4.69, 9.17) is 16.3 Å². The van der Waals surface area contributed by atoms with Crippen LogP contribution in [0.1, 0.15) is 22.9 Å². The molecule has 5 heteroatoms. The zero-order valence-electron chi connectivity index (χ0n) is 16.2. The summed E-state index contributed by atoms with van der Waals surface area (Å²) in [6.07, 6.45) is 0. The Bertz CT molecular complexity index is 1160. The van der Waals surface area contributed by atoms with Crippen LogP contribution < -0.4 is 10.1 Å². The number of aryl methyl sites for hydroxylation is 1. The highest BCUT2D eigenvalue weighted by Crippen LogP contribution is 2.37. The van der Waals surface area contributed by atoms with Gasteiger partial charge < -0.3 is 15.2 Å². The van der Waals surface area contributed by atoms with Crippen LogP contribution in [0.3, 0.4) is 0 Å². The number of rotatable bonds is 5. The summed E-state index contributed by atoms with van der Waals surface area (Å²) in [7, 11) is 1.59. The summed E-state index contributed by atoms with van der Waals surface area (Å²) in [4.78, 5) is 4.54. The molecule has 4 rings (SSSR count). The molecular formula is C24H21ClN2O2. The number of fused-ring (bicyclic) bond motifs is 1. The van der Waals surface area contributed by atoms with Crippen molar-refractivity contribution in [2.24, 2.45) is 0 Å². The summed E-state index contributed by atoms with van der Waals surface area (Å²) in [5, 5.41) is 16.0. The number of nitrogens with zero attached hydrogens (tertiary/aromatic N) is 1. The molecule has 3 aromatic carbocycles. The first-order valence-electron chi connectivity index (χ1n) is 9.31. The fourth-order valence-corrected chi connectivity index (χ4v) is 3.69. The monoisotopic (exact) mass is 404 g/mol. The smallest absolute Gasteiger partial charge is 0.147 e. The highest BCUT2D eigenvalue weighted by atomic mass is 35.5. The molecule has 29 heavy (non-hydrogen) atoms. The minimum Gasteiger partial charge on any atom is -0.505 e. The average Bonchev–Trinajstić information content (AvgIpc) is 2.74. The van der Waals surface area contributed by atoms with Crippen molar-refractivity contribution >= 4 is 28.2 Å². The van der Waals surface area contributed by atoms with E-state index in [0.717, 1.165) is 27.9 Å². The lowest BCUT2D eigenvalue weighted by Crippen LogP contribution is -2.13. The van der Waals surface area contributed by atoms with Crippen LogP contribution >= 0.6 is 11.6 Å². The van der Waals surface area contributed by atoms with E-state index in [1.807, 2.05) is 79.7 Å². The fourth-order valence-electron chi connectivity index (χ4n) is 3.43. The first kappa shape index (κ1) is 19.1. The van der Waals surface area contributed by atoms with Crippen molar-refractivity contribution in [3.05, 3.63) is 94.6 Å². The summed E-state index contributed by atoms with van der Waals surface area (Å²) < 4.78 is 5.24. The second-order valence-electron chi connectivity index (χ2n) is 6.87. The molecule has 0 aliphatic carbocycles. The third-order valence-corrected chi connectivity index (χ3v) is 5.21. The molecule has 2 N–H and O–H groups in total. The van der Waals surface area contributed by atoms with Crippen molar-refractivity contribution in [2.75, 3.05) is 12.4 Å². The number of nitrogens with one attached hydrogen (secondary N) is 1. The molecule has 0 aliphatic heterocycles. The Kier molecular flexibility index (Phi) is 5.28. The van der Waals surface area contributed by atoms with Crippen LogP contribution in [0.5, 0.6) is 11.5 Å². The summed E-state index contributed by atoms with van der Waals surface area (Å²) in [5.41, 5.74) is 4.03. The minimum absolute atomic E-state index is 0.173. The molecule has 0 spiro atoms. The third kappa shape index (κ3) is 3.84. The van der Waals surface area contributed by atoms with Gasteiger partial charge in [0, 0.05) is 22.3 Å². The Morgan fingerprint density at radius 2 is 1.76 bits per heavy atom. The third-order valence-electron chi connectivity index (χ3n) is 4.91. The van der Waals surface area contributed by atoms with E-state index < -0.39 is 0 Å². The zero-order chi connectivity index (χ0) is 20.4. The Labute approximate surface area is 174 Å². The van der Waals surface area contributed by atoms with Crippen LogP contribution in [-0.4, -0.2) is 17.2 Å². The average molecular weight is 405 g/mol. The van der Waals surface area contributed by atoms with E-state index in [1.54, 1.807) is 7.11 Å². The predicted octanol–water partition coefficient (Wildman–Crippen LogP) is 6.11. The van der Waals surface area contributed by atoms with Crippen molar-refractivity contribution in [3.63, 3.8) is 0 Å². The van der Waals surface area contributed by atoms with Crippen LogP contribution in [0.25, 0.3) is 10.9 Å². The number of phenols is 1. The van der Waals surface area contributed by atoms with Crippen LogP contribution in [0, 0.1) is 6.92 Å². The molecule has 146 valence electrons. The summed E-state index contributed by atoms with van der Waals surface area (Å²) in [6, 6.07) is 23.0. The van der Waals surface area contributed by atoms with Gasteiger partial charge in [-0.2, -0.15) is 0 Å². The minimum atomic E-state index is -0.285. The largest absolute Gasteiger partial charge is 0.505 e. The summed E-state index contributed by atoms with van der Waals surface area (Å²) in [6.45, 7) is 1.91. The number of hydrogen-bond acceptors (Lipinski definition) is 4. The van der Waals surface area contributed by atoms with Gasteiger partial charge in [0.25, 0.3) is 0 Å². The molecule has 0 aliphatic rings. The van der Waals surface area contributed by atoms with E-state index in [-0.39, 0.29) is 11.8 Å². The molecule has 1 atom stereocenters. The second kappa shape index (κ2) is 8.02. The van der Waals surface area contributed by atoms with E-state index in [2.05, 4.69) is 10.3 Å². The number of hydrogen-bond donors (Lipinski definition) is 2. The fraction of sp³-hybridized carbons (Fsp3) is 0.125. The van der Waals surface area contributed by atoms with Crippen molar-refractivity contribution in [1.29, 1.82) is 0 Å². The molecule has 0 bridgehead atoms. The van der Waals surface area contributed by atoms with Gasteiger partial charge in [0.1, 0.15) is 17.0 Å². The number of pyridine rings is 1. The van der Waals surface area contributed by atoms with Crippen molar-refractivity contribution < 1.29 is 9.84 Å². The Hall–Kier alpha value is -3.24. The molecule has 4 aromatic rings. The first-order chi connectivity index (χ1) is 14.1. The van der Waals surface area contributed by atoms with Crippen LogP contribution in [0.15, 0.2) is 72.8 Å². The number of halogens is 1. The predicted molar refractivity (Wildman–Crippen MR) is 118 cm³/mol. The summed E-state index contributed by atoms with van der Waals surface area (Å²) >= 11 is 6.31. The number of phenolic OH excluding ortho intramolecular Hbond substituents is 1. The van der Waals surface area contributed by atoms with E-state index in [9.17, 15) is 5.11 Å². The number of aromatic nitrogens is 1. The maximum absolute atomic E-state index is 11.1. The van der Waals surface area contributed by atoms with Gasteiger partial charge in [0.2, 0.25) is 0 Å². The lowest BCUT2D eigenvalue weighted by atomic mass is 9.96. The molecule has 0 saturated heterocycles. The number of benzene rings is 3. The Morgan fingerprint density at radius 3 is 2.48 bits per heavy atom. The zero-order valence-corrected chi connectivity index (χ0v) is 16.9. The van der Waals surface area contributed by atoms with E-state index in [0.29, 0.717) is 16.3 Å². The van der Waals surface area contributed by atoms with E-state index >= 15 is 0 Å². The van der Waals surface area contributed by atoms with Crippen LogP contribution in [0.4, 0.5) is 5.69 Å². The molecule has 0 amide bonds. The maximum atomic E-state index is 11.1. The van der Waals surface area contributed by atoms with Gasteiger partial charge in [-0.3, -0.25) is 0 Å². The molecule has 4 nitrogen and oxygen atoms in total. The van der Waals surface area contributed by atoms with Gasteiger partial charge in [-0.1, -0.05) is 60.1 Å². The van der Waals surface area contributed by atoms with Crippen molar-refractivity contribution in [3.8, 4) is 11.5 Å². The number of anilines is 1. The second-order valence-corrected chi connectivity index (χ2v) is 7.27. The van der Waals surface area contributed by atoms with Gasteiger partial charge in [-0.25, -0.2) is 4.98 Å². The highest BCUT2D eigenvalue weighted by Gasteiger charge is 2.20. The van der Waals surface area contributed by atoms with Crippen molar-refractivity contribution in [2.45, 2.75) is 13.0 Å². The van der Waals surface area contributed by atoms with Gasteiger partial charge in [-0.05, 0) is 36.8 Å². The lowest BCUT2D eigenvalue weighted by molar-refractivity contribution is 0.415. The number of ether oxygens (including phenoxy) is 1. The van der Waals surface area contributed by atoms with Crippen LogP contribution in [0.2, 0.25) is 5.02 Å². The molecule has 1 unspecified atom stereocenters. The quantitative estimate of drug-likeness (QED) is 0.421. The standard InChI is InChI=1S/C24H21ClN2O2/c1-15-8-9-17-10-12-19(24(28)23(17)26-15)22(16-6-4-3-5-7-16)27-18-11-13-21(29-2)20(25)14-18/h3-14,22,27-28H,1-2H3. The highest BCUT2D eigenvalue weighted by molar-refractivity contribution is 6.32. The van der Waals surface area contributed by atoms with Gasteiger partial charge in [0.05, 0.1) is 18.2 Å². The molecule has 0 fully saturated rings. The SMILES string of the molecule is COc1ccc(NC(c2ccccc2)c2ccc3ccc(C)nc3c2O)cc1Cl. The van der Waals surface area contributed by atoms with Crippen molar-refractivity contribution in [1.82, 2.24) is 4.98 Å². The molecule has 1 aromatic heterocycles. The van der Waals surface area contributed by atoms with Crippen LogP contribution in [-0.2, 0) is 0 Å². The maximum Gasteiger partial charge on any atom is 0.147 e. The number of aromatic hydroxyl groups is 1. The molecular weight excluding hydrogens is 384 g/mol. The normalized spacial score (nSPS) is 12.0. The molecule has 0 saturated carbocycles. The topological polar surface area (TPSA) is 54.4 Å².